The van der Waals surface area contributed by atoms with E-state index in [1.54, 1.807) is 24.3 Å². The molecule has 0 radical (unpaired) electrons. The highest BCUT2D eigenvalue weighted by atomic mass is 16.5. The van der Waals surface area contributed by atoms with E-state index in [4.69, 9.17) is 9.84 Å². The number of hydrogen-bond acceptors (Lipinski definition) is 3. The molecule has 5 heteroatoms. The first-order valence-electron chi connectivity index (χ1n) is 7.20. The summed E-state index contributed by atoms with van der Waals surface area (Å²) in [6, 6.07) is 6.89. The Hall–Kier alpha value is -1.88. The van der Waals surface area contributed by atoms with Crippen molar-refractivity contribution in [2.45, 2.75) is 38.8 Å². The summed E-state index contributed by atoms with van der Waals surface area (Å²) < 4.78 is 5.42. The van der Waals surface area contributed by atoms with Gasteiger partial charge in [-0.15, -0.1) is 0 Å². The number of carboxylic acid groups (broad SMARTS) is 1. The van der Waals surface area contributed by atoms with Crippen molar-refractivity contribution in [3.63, 3.8) is 0 Å². The largest absolute Gasteiger partial charge is 0.478 e. The Bertz CT molecular complexity index is 502. The van der Waals surface area contributed by atoms with Crippen LogP contribution in [0.15, 0.2) is 24.3 Å². The lowest BCUT2D eigenvalue weighted by Crippen LogP contribution is -2.52. The molecule has 1 aromatic carbocycles. The molecule has 114 valence electrons. The van der Waals surface area contributed by atoms with Crippen molar-refractivity contribution >= 4 is 11.9 Å². The van der Waals surface area contributed by atoms with Crippen LogP contribution in [0.5, 0.6) is 0 Å². The molecule has 0 aromatic heterocycles. The second-order valence-electron chi connectivity index (χ2n) is 5.54. The van der Waals surface area contributed by atoms with E-state index in [2.05, 4.69) is 0 Å². The number of aryl methyl sites for hydroxylation is 1. The molecule has 0 saturated carbocycles. The second kappa shape index (κ2) is 6.72. The van der Waals surface area contributed by atoms with E-state index in [0.717, 1.165) is 5.56 Å². The molecule has 1 aliphatic heterocycles. The van der Waals surface area contributed by atoms with Gasteiger partial charge in [-0.3, -0.25) is 4.79 Å². The van der Waals surface area contributed by atoms with Gasteiger partial charge >= 0.3 is 5.97 Å². The van der Waals surface area contributed by atoms with Crippen molar-refractivity contribution in [1.82, 2.24) is 4.90 Å². The van der Waals surface area contributed by atoms with Crippen LogP contribution in [0.2, 0.25) is 0 Å². The summed E-state index contributed by atoms with van der Waals surface area (Å²) >= 11 is 0. The maximum atomic E-state index is 12.3. The van der Waals surface area contributed by atoms with E-state index in [-0.39, 0.29) is 23.6 Å². The van der Waals surface area contributed by atoms with Crippen molar-refractivity contribution in [3.8, 4) is 0 Å². The molecule has 0 aliphatic carbocycles. The number of carbonyl (C=O) groups is 2. The van der Waals surface area contributed by atoms with Gasteiger partial charge in [-0.05, 0) is 38.0 Å². The fourth-order valence-electron chi connectivity index (χ4n) is 2.69. The molecular weight excluding hydrogens is 270 g/mol. The zero-order valence-electron chi connectivity index (χ0n) is 12.4. The summed E-state index contributed by atoms with van der Waals surface area (Å²) in [6.07, 6.45) is 1.05. The van der Waals surface area contributed by atoms with Crippen molar-refractivity contribution in [1.29, 1.82) is 0 Å². The number of morpholine rings is 1. The van der Waals surface area contributed by atoms with Crippen LogP contribution in [0.3, 0.4) is 0 Å². The van der Waals surface area contributed by atoms with Gasteiger partial charge in [0.15, 0.2) is 0 Å². The van der Waals surface area contributed by atoms with Crippen LogP contribution in [-0.4, -0.2) is 47.2 Å². The maximum absolute atomic E-state index is 12.3. The Morgan fingerprint density at radius 2 is 1.76 bits per heavy atom. The van der Waals surface area contributed by atoms with E-state index < -0.39 is 5.97 Å². The first-order valence-corrected chi connectivity index (χ1v) is 7.20. The topological polar surface area (TPSA) is 66.8 Å². The molecule has 1 fully saturated rings. The number of nitrogens with zero attached hydrogens (tertiary/aromatic N) is 1. The number of aromatic carboxylic acids is 1. The highest BCUT2D eigenvalue weighted by Gasteiger charge is 2.28. The molecule has 2 rings (SSSR count). The molecule has 1 aromatic rings. The van der Waals surface area contributed by atoms with E-state index in [9.17, 15) is 9.59 Å². The molecule has 1 N–H and O–H groups in total. The molecule has 0 bridgehead atoms. The lowest BCUT2D eigenvalue weighted by molar-refractivity contribution is -0.144. The standard InChI is InChI=1S/C16H21NO4/c1-11-9-21-10-12(2)17(11)15(18)8-5-13-3-6-14(7-4-13)16(19)20/h3-4,6-7,11-12H,5,8-10H2,1-2H3,(H,19,20). The van der Waals surface area contributed by atoms with Crippen LogP contribution < -0.4 is 0 Å². The zero-order chi connectivity index (χ0) is 15.4. The lowest BCUT2D eigenvalue weighted by Gasteiger charge is -2.38. The lowest BCUT2D eigenvalue weighted by atomic mass is 10.1. The van der Waals surface area contributed by atoms with Gasteiger partial charge in [0.25, 0.3) is 0 Å². The molecule has 21 heavy (non-hydrogen) atoms. The molecule has 1 saturated heterocycles. The summed E-state index contributed by atoms with van der Waals surface area (Å²) in [7, 11) is 0. The minimum absolute atomic E-state index is 0.107. The van der Waals surface area contributed by atoms with Gasteiger partial charge in [0.1, 0.15) is 0 Å². The fourth-order valence-corrected chi connectivity index (χ4v) is 2.69. The quantitative estimate of drug-likeness (QED) is 0.920. The molecule has 1 aliphatic rings. The fraction of sp³-hybridized carbons (Fsp3) is 0.500. The summed E-state index contributed by atoms with van der Waals surface area (Å²) in [5.74, 6) is -0.811. The molecular formula is C16H21NO4. The van der Waals surface area contributed by atoms with Gasteiger partial charge in [-0.2, -0.15) is 0 Å². The molecule has 5 nitrogen and oxygen atoms in total. The van der Waals surface area contributed by atoms with Crippen molar-refractivity contribution < 1.29 is 19.4 Å². The van der Waals surface area contributed by atoms with Gasteiger partial charge in [0, 0.05) is 6.42 Å². The highest BCUT2D eigenvalue weighted by molar-refractivity contribution is 5.87. The van der Waals surface area contributed by atoms with E-state index in [1.165, 1.54) is 0 Å². The van der Waals surface area contributed by atoms with E-state index >= 15 is 0 Å². The minimum Gasteiger partial charge on any atom is -0.478 e. The van der Waals surface area contributed by atoms with Crippen LogP contribution in [0.25, 0.3) is 0 Å². The summed E-state index contributed by atoms with van der Waals surface area (Å²) in [4.78, 5) is 25.0. The number of amides is 1. The third-order valence-corrected chi connectivity index (χ3v) is 3.78. The van der Waals surface area contributed by atoms with Crippen LogP contribution in [0, 0.1) is 0 Å². The second-order valence-corrected chi connectivity index (χ2v) is 5.54. The zero-order valence-corrected chi connectivity index (χ0v) is 12.4. The number of carbonyl (C=O) groups excluding carboxylic acids is 1. The minimum atomic E-state index is -0.936. The first-order chi connectivity index (χ1) is 9.99. The smallest absolute Gasteiger partial charge is 0.335 e. The van der Waals surface area contributed by atoms with Gasteiger partial charge in [0.05, 0.1) is 30.9 Å². The Balaban J connectivity index is 1.92. The predicted molar refractivity (Wildman–Crippen MR) is 78.3 cm³/mol. The number of benzene rings is 1. The molecule has 1 heterocycles. The monoisotopic (exact) mass is 291 g/mol. The van der Waals surface area contributed by atoms with Gasteiger partial charge in [-0.25, -0.2) is 4.79 Å². The average Bonchev–Trinajstić information content (AvgIpc) is 2.45. The van der Waals surface area contributed by atoms with E-state index in [1.807, 2.05) is 18.7 Å². The van der Waals surface area contributed by atoms with Gasteiger partial charge in [0.2, 0.25) is 5.91 Å². The van der Waals surface area contributed by atoms with Crippen molar-refractivity contribution in [3.05, 3.63) is 35.4 Å². The third-order valence-electron chi connectivity index (χ3n) is 3.78. The molecule has 0 spiro atoms. The maximum Gasteiger partial charge on any atom is 0.335 e. The van der Waals surface area contributed by atoms with Crippen LogP contribution in [0.1, 0.15) is 36.2 Å². The number of rotatable bonds is 4. The van der Waals surface area contributed by atoms with Gasteiger partial charge in [-0.1, -0.05) is 12.1 Å². The number of ether oxygens (including phenoxy) is 1. The van der Waals surface area contributed by atoms with E-state index in [0.29, 0.717) is 26.1 Å². The number of carboxylic acids is 1. The van der Waals surface area contributed by atoms with Crippen molar-refractivity contribution in [2.24, 2.45) is 0 Å². The third kappa shape index (κ3) is 3.82. The normalized spacial score (nSPS) is 22.1. The van der Waals surface area contributed by atoms with Crippen LogP contribution in [0.4, 0.5) is 0 Å². The van der Waals surface area contributed by atoms with Gasteiger partial charge < -0.3 is 14.7 Å². The Kier molecular flexibility index (Phi) is 4.96. The first kappa shape index (κ1) is 15.5. The highest BCUT2D eigenvalue weighted by Crippen LogP contribution is 2.16. The van der Waals surface area contributed by atoms with Crippen LogP contribution in [-0.2, 0) is 16.0 Å². The molecule has 1 amide bonds. The Morgan fingerprint density at radius 3 is 2.29 bits per heavy atom. The summed E-state index contributed by atoms with van der Waals surface area (Å²) in [6.45, 7) is 5.16. The summed E-state index contributed by atoms with van der Waals surface area (Å²) in [5.41, 5.74) is 1.24. The molecule has 2 unspecified atom stereocenters. The number of hydrogen-bond donors (Lipinski definition) is 1. The SMILES string of the molecule is CC1COCC(C)N1C(=O)CCc1ccc(C(=O)O)cc1. The average molecular weight is 291 g/mol. The Labute approximate surface area is 124 Å². The predicted octanol–water partition coefficient (Wildman–Crippen LogP) is 1.95. The Morgan fingerprint density at radius 1 is 1.19 bits per heavy atom. The van der Waals surface area contributed by atoms with Crippen molar-refractivity contribution in [2.75, 3.05) is 13.2 Å². The van der Waals surface area contributed by atoms with Crippen LogP contribution >= 0.6 is 0 Å². The molecule has 2 atom stereocenters. The summed E-state index contributed by atoms with van der Waals surface area (Å²) in [5, 5.41) is 8.85.